The molecule has 1 aromatic rings. The molecule has 0 aromatic carbocycles. The molecule has 0 aliphatic heterocycles. The fourth-order valence-electron chi connectivity index (χ4n) is 0.857. The van der Waals surface area contributed by atoms with Crippen LogP contribution < -0.4 is 0 Å². The van der Waals surface area contributed by atoms with Gasteiger partial charge in [-0.3, -0.25) is 0 Å². The molecular weight excluding hydrogens is 184 g/mol. The van der Waals surface area contributed by atoms with Crippen LogP contribution in [0.3, 0.4) is 0 Å². The first-order chi connectivity index (χ1) is 6.27. The van der Waals surface area contributed by atoms with Crippen LogP contribution >= 0.6 is 12.2 Å². The second-order valence-electron chi connectivity index (χ2n) is 2.46. The Morgan fingerprint density at radius 1 is 1.38 bits per heavy atom. The summed E-state index contributed by atoms with van der Waals surface area (Å²) in [5.74, 6) is 0.822. The standard InChI is InChI=1S/C9H12N2OS/c1-3-8-10-5-7(6-11-8)9(13)12-4-2/h5-6H,3-4H2,1-2H3. The molecule has 0 fully saturated rings. The van der Waals surface area contributed by atoms with E-state index < -0.39 is 0 Å². The van der Waals surface area contributed by atoms with Crippen LogP contribution in [0.25, 0.3) is 0 Å². The van der Waals surface area contributed by atoms with Gasteiger partial charge in [-0.1, -0.05) is 6.92 Å². The molecule has 1 aromatic heterocycles. The predicted molar refractivity (Wildman–Crippen MR) is 54.7 cm³/mol. The van der Waals surface area contributed by atoms with Crippen molar-refractivity contribution in [2.24, 2.45) is 0 Å². The Bertz CT molecular complexity index is 284. The Hall–Kier alpha value is -1.03. The van der Waals surface area contributed by atoms with Gasteiger partial charge in [-0.25, -0.2) is 9.97 Å². The first-order valence-corrected chi connectivity index (χ1v) is 4.66. The van der Waals surface area contributed by atoms with Crippen LogP contribution in [0.2, 0.25) is 0 Å². The molecule has 0 N–H and O–H groups in total. The van der Waals surface area contributed by atoms with Gasteiger partial charge >= 0.3 is 0 Å². The van der Waals surface area contributed by atoms with E-state index in [1.165, 1.54) is 0 Å². The van der Waals surface area contributed by atoms with E-state index in [9.17, 15) is 0 Å². The van der Waals surface area contributed by atoms with Crippen molar-refractivity contribution in [2.75, 3.05) is 6.61 Å². The van der Waals surface area contributed by atoms with E-state index in [0.717, 1.165) is 17.8 Å². The zero-order chi connectivity index (χ0) is 9.68. The highest BCUT2D eigenvalue weighted by molar-refractivity contribution is 7.80. The Labute approximate surface area is 83.2 Å². The van der Waals surface area contributed by atoms with Crippen molar-refractivity contribution in [3.05, 3.63) is 23.8 Å². The number of aromatic nitrogens is 2. The van der Waals surface area contributed by atoms with Crippen LogP contribution in [0.1, 0.15) is 25.2 Å². The highest BCUT2D eigenvalue weighted by atomic mass is 32.1. The maximum atomic E-state index is 5.15. The molecule has 0 aliphatic carbocycles. The third-order valence-electron chi connectivity index (χ3n) is 1.53. The highest BCUT2D eigenvalue weighted by Gasteiger charge is 2.02. The summed E-state index contributed by atoms with van der Waals surface area (Å²) in [4.78, 5) is 8.24. The van der Waals surface area contributed by atoms with Crippen LogP contribution in [0.15, 0.2) is 12.4 Å². The molecule has 1 rings (SSSR count). The van der Waals surface area contributed by atoms with Crippen molar-refractivity contribution in [3.8, 4) is 0 Å². The van der Waals surface area contributed by atoms with Crippen molar-refractivity contribution in [2.45, 2.75) is 20.3 Å². The number of hydrogen-bond donors (Lipinski definition) is 0. The van der Waals surface area contributed by atoms with Gasteiger partial charge in [0.25, 0.3) is 0 Å². The molecule has 0 saturated carbocycles. The summed E-state index contributed by atoms with van der Waals surface area (Å²) in [6.07, 6.45) is 4.23. The predicted octanol–water partition coefficient (Wildman–Crippen LogP) is 1.75. The molecule has 0 saturated heterocycles. The normalized spacial score (nSPS) is 9.69. The van der Waals surface area contributed by atoms with Crippen LogP contribution in [-0.2, 0) is 11.2 Å². The lowest BCUT2D eigenvalue weighted by Gasteiger charge is -2.03. The molecular formula is C9H12N2OS. The minimum absolute atomic E-state index is 0.463. The third-order valence-corrected chi connectivity index (χ3v) is 1.89. The molecule has 13 heavy (non-hydrogen) atoms. The highest BCUT2D eigenvalue weighted by Crippen LogP contribution is 2.00. The molecule has 0 unspecified atom stereocenters. The molecule has 0 bridgehead atoms. The number of ether oxygens (including phenoxy) is 1. The minimum Gasteiger partial charge on any atom is -0.483 e. The molecule has 70 valence electrons. The van der Waals surface area contributed by atoms with Gasteiger partial charge in [0.15, 0.2) is 5.05 Å². The summed E-state index contributed by atoms with van der Waals surface area (Å²) < 4.78 is 5.15. The lowest BCUT2D eigenvalue weighted by Crippen LogP contribution is -2.05. The van der Waals surface area contributed by atoms with Gasteiger partial charge in [0, 0.05) is 18.8 Å². The van der Waals surface area contributed by atoms with Crippen LogP contribution in [0, 0.1) is 0 Å². The second kappa shape index (κ2) is 4.87. The van der Waals surface area contributed by atoms with Gasteiger partial charge < -0.3 is 4.74 Å². The van der Waals surface area contributed by atoms with E-state index >= 15 is 0 Å². The van der Waals surface area contributed by atoms with E-state index in [1.54, 1.807) is 12.4 Å². The van der Waals surface area contributed by atoms with Gasteiger partial charge in [0.1, 0.15) is 5.82 Å². The largest absolute Gasteiger partial charge is 0.483 e. The first-order valence-electron chi connectivity index (χ1n) is 4.26. The van der Waals surface area contributed by atoms with Gasteiger partial charge in [-0.05, 0) is 19.1 Å². The zero-order valence-corrected chi connectivity index (χ0v) is 8.60. The van der Waals surface area contributed by atoms with E-state index in [1.807, 2.05) is 13.8 Å². The molecule has 4 heteroatoms. The van der Waals surface area contributed by atoms with Gasteiger partial charge in [-0.2, -0.15) is 0 Å². The average Bonchev–Trinajstić information content (AvgIpc) is 2.18. The summed E-state index contributed by atoms with van der Waals surface area (Å²) in [5.41, 5.74) is 0.772. The van der Waals surface area contributed by atoms with Crippen LogP contribution in [-0.4, -0.2) is 21.6 Å². The minimum atomic E-state index is 0.463. The second-order valence-corrected chi connectivity index (χ2v) is 2.83. The third kappa shape index (κ3) is 2.73. The average molecular weight is 196 g/mol. The maximum Gasteiger partial charge on any atom is 0.194 e. The molecule has 0 atom stereocenters. The van der Waals surface area contributed by atoms with Crippen molar-refractivity contribution in [3.63, 3.8) is 0 Å². The lowest BCUT2D eigenvalue weighted by molar-refractivity contribution is 0.337. The molecule has 0 amide bonds. The van der Waals surface area contributed by atoms with E-state index in [2.05, 4.69) is 9.97 Å². The van der Waals surface area contributed by atoms with Gasteiger partial charge in [-0.15, -0.1) is 0 Å². The van der Waals surface area contributed by atoms with Gasteiger partial charge in [0.2, 0.25) is 0 Å². The molecule has 0 spiro atoms. The SMILES string of the molecule is CCOC(=S)c1cnc(CC)nc1. The number of rotatable bonds is 3. The Balaban J connectivity index is 2.74. The summed E-state index contributed by atoms with van der Waals surface area (Å²) in [6.45, 7) is 4.48. The Morgan fingerprint density at radius 2 is 2.00 bits per heavy atom. The van der Waals surface area contributed by atoms with Crippen molar-refractivity contribution < 1.29 is 4.74 Å². The number of thiocarbonyl (C=S) groups is 1. The van der Waals surface area contributed by atoms with E-state index in [4.69, 9.17) is 17.0 Å². The van der Waals surface area contributed by atoms with Crippen molar-refractivity contribution in [1.29, 1.82) is 0 Å². The summed E-state index contributed by atoms with van der Waals surface area (Å²) in [7, 11) is 0. The number of nitrogens with zero attached hydrogens (tertiary/aromatic N) is 2. The summed E-state index contributed by atoms with van der Waals surface area (Å²) >= 11 is 5.00. The molecule has 1 heterocycles. The number of aryl methyl sites for hydroxylation is 1. The molecule has 0 aliphatic rings. The maximum absolute atomic E-state index is 5.15. The Kier molecular flexibility index (Phi) is 3.76. The van der Waals surface area contributed by atoms with Crippen molar-refractivity contribution in [1.82, 2.24) is 9.97 Å². The molecule has 3 nitrogen and oxygen atoms in total. The number of hydrogen-bond acceptors (Lipinski definition) is 4. The van der Waals surface area contributed by atoms with Crippen LogP contribution in [0.4, 0.5) is 0 Å². The fourth-order valence-corrected chi connectivity index (χ4v) is 1.08. The van der Waals surface area contributed by atoms with Crippen LogP contribution in [0.5, 0.6) is 0 Å². The lowest BCUT2D eigenvalue weighted by atomic mass is 10.3. The van der Waals surface area contributed by atoms with E-state index in [0.29, 0.717) is 11.7 Å². The summed E-state index contributed by atoms with van der Waals surface area (Å²) in [6, 6.07) is 0. The monoisotopic (exact) mass is 196 g/mol. The summed E-state index contributed by atoms with van der Waals surface area (Å²) in [5, 5.41) is 0.463. The van der Waals surface area contributed by atoms with E-state index in [-0.39, 0.29) is 0 Å². The molecule has 0 radical (unpaired) electrons. The fraction of sp³-hybridized carbons (Fsp3) is 0.444. The van der Waals surface area contributed by atoms with Gasteiger partial charge in [0.05, 0.1) is 12.2 Å². The zero-order valence-electron chi connectivity index (χ0n) is 7.78. The quantitative estimate of drug-likeness (QED) is 0.690. The Morgan fingerprint density at radius 3 is 2.46 bits per heavy atom. The first kappa shape index (κ1) is 10.1. The smallest absolute Gasteiger partial charge is 0.194 e. The van der Waals surface area contributed by atoms with Crippen molar-refractivity contribution >= 4 is 17.3 Å². The topological polar surface area (TPSA) is 35.0 Å².